The van der Waals surface area contributed by atoms with E-state index < -0.39 is 0 Å². The summed E-state index contributed by atoms with van der Waals surface area (Å²) in [5.41, 5.74) is 2.79. The summed E-state index contributed by atoms with van der Waals surface area (Å²) in [6.07, 6.45) is 2.06. The fraction of sp³-hybridized carbons (Fsp3) is 0.214. The summed E-state index contributed by atoms with van der Waals surface area (Å²) in [6.45, 7) is 2.95. The highest BCUT2D eigenvalue weighted by Crippen LogP contribution is 2.30. The summed E-state index contributed by atoms with van der Waals surface area (Å²) in [5.74, 6) is 0.387. The smallest absolute Gasteiger partial charge is 0.131 e. The van der Waals surface area contributed by atoms with E-state index in [1.165, 1.54) is 11.6 Å². The lowest BCUT2D eigenvalue weighted by Crippen LogP contribution is -2.26. The second-order valence-electron chi connectivity index (χ2n) is 8.06. The van der Waals surface area contributed by atoms with E-state index in [0.29, 0.717) is 23.2 Å². The van der Waals surface area contributed by atoms with Gasteiger partial charge in [-0.2, -0.15) is 0 Å². The van der Waals surface area contributed by atoms with Crippen molar-refractivity contribution in [3.8, 4) is 5.75 Å². The molecule has 2 nitrogen and oxygen atoms in total. The van der Waals surface area contributed by atoms with Gasteiger partial charge in [0.15, 0.2) is 0 Å². The molecule has 0 spiro atoms. The predicted octanol–water partition coefficient (Wildman–Crippen LogP) is 7.32. The molecule has 32 heavy (non-hydrogen) atoms. The molecule has 4 aromatic rings. The Morgan fingerprint density at radius 3 is 2.47 bits per heavy atom. The van der Waals surface area contributed by atoms with Crippen LogP contribution in [0.5, 0.6) is 5.75 Å². The number of hydrogen-bond acceptors (Lipinski definition) is 2. The SMILES string of the molecule is CC(CCc1ccccc1)NCc1c(OCc2c(F)cccc2Cl)ccc2ccccc12. The summed E-state index contributed by atoms with van der Waals surface area (Å²) < 4.78 is 20.3. The van der Waals surface area contributed by atoms with E-state index in [0.717, 1.165) is 34.9 Å². The summed E-state index contributed by atoms with van der Waals surface area (Å²) in [4.78, 5) is 0. The van der Waals surface area contributed by atoms with Crippen LogP contribution in [0.1, 0.15) is 30.0 Å². The molecular weight excluding hydrogens is 421 g/mol. The minimum absolute atomic E-state index is 0.0837. The van der Waals surface area contributed by atoms with Gasteiger partial charge in [0, 0.05) is 23.7 Å². The van der Waals surface area contributed by atoms with Gasteiger partial charge in [-0.1, -0.05) is 78.3 Å². The highest BCUT2D eigenvalue weighted by atomic mass is 35.5. The maximum Gasteiger partial charge on any atom is 0.131 e. The van der Waals surface area contributed by atoms with Crippen LogP contribution in [0.25, 0.3) is 10.8 Å². The molecule has 0 radical (unpaired) electrons. The van der Waals surface area contributed by atoms with Gasteiger partial charge in [-0.15, -0.1) is 0 Å². The number of benzene rings is 4. The molecule has 4 aromatic carbocycles. The second kappa shape index (κ2) is 10.6. The molecule has 0 saturated carbocycles. The molecule has 0 bridgehead atoms. The first kappa shape index (κ1) is 22.3. The monoisotopic (exact) mass is 447 g/mol. The molecule has 164 valence electrons. The molecule has 0 amide bonds. The molecule has 4 rings (SSSR count). The summed E-state index contributed by atoms with van der Waals surface area (Å²) in [5, 5.41) is 6.30. The number of ether oxygens (including phenoxy) is 1. The Balaban J connectivity index is 1.50. The van der Waals surface area contributed by atoms with Gasteiger partial charge in [0.2, 0.25) is 0 Å². The number of fused-ring (bicyclic) bond motifs is 1. The van der Waals surface area contributed by atoms with Gasteiger partial charge < -0.3 is 10.1 Å². The van der Waals surface area contributed by atoms with Crippen LogP contribution in [-0.4, -0.2) is 6.04 Å². The molecule has 0 aromatic heterocycles. The van der Waals surface area contributed by atoms with E-state index in [1.54, 1.807) is 12.1 Å². The Morgan fingerprint density at radius 1 is 0.875 bits per heavy atom. The molecule has 0 aliphatic carbocycles. The lowest BCUT2D eigenvalue weighted by Gasteiger charge is -2.18. The summed E-state index contributed by atoms with van der Waals surface area (Å²) >= 11 is 6.19. The second-order valence-corrected chi connectivity index (χ2v) is 8.47. The molecular formula is C28H27ClFNO. The Hall–Kier alpha value is -2.88. The van der Waals surface area contributed by atoms with Crippen LogP contribution in [0.3, 0.4) is 0 Å². The van der Waals surface area contributed by atoms with Gasteiger partial charge in [-0.25, -0.2) is 4.39 Å². The van der Waals surface area contributed by atoms with E-state index in [2.05, 4.69) is 48.6 Å². The largest absolute Gasteiger partial charge is 0.488 e. The third-order valence-corrected chi connectivity index (χ3v) is 6.12. The first-order chi connectivity index (χ1) is 15.6. The molecule has 0 saturated heterocycles. The van der Waals surface area contributed by atoms with E-state index in [4.69, 9.17) is 16.3 Å². The Bertz CT molecular complexity index is 1160. The molecule has 1 atom stereocenters. The van der Waals surface area contributed by atoms with Crippen LogP contribution >= 0.6 is 11.6 Å². The van der Waals surface area contributed by atoms with Gasteiger partial charge in [0.1, 0.15) is 18.2 Å². The van der Waals surface area contributed by atoms with Crippen LogP contribution in [-0.2, 0) is 19.6 Å². The Labute approximate surface area is 194 Å². The first-order valence-electron chi connectivity index (χ1n) is 11.0. The normalized spacial score (nSPS) is 12.1. The van der Waals surface area contributed by atoms with Crippen molar-refractivity contribution in [3.63, 3.8) is 0 Å². The number of nitrogens with one attached hydrogen (secondary N) is 1. The molecule has 0 aliphatic heterocycles. The van der Waals surface area contributed by atoms with Crippen molar-refractivity contribution in [2.75, 3.05) is 0 Å². The van der Waals surface area contributed by atoms with Crippen molar-refractivity contribution >= 4 is 22.4 Å². The zero-order chi connectivity index (χ0) is 22.3. The van der Waals surface area contributed by atoms with Crippen molar-refractivity contribution in [2.45, 2.75) is 39.0 Å². The fourth-order valence-electron chi connectivity index (χ4n) is 3.86. The van der Waals surface area contributed by atoms with Crippen LogP contribution in [0.4, 0.5) is 4.39 Å². The lowest BCUT2D eigenvalue weighted by molar-refractivity contribution is 0.296. The number of halogens is 2. The summed E-state index contributed by atoms with van der Waals surface area (Å²) in [7, 11) is 0. The van der Waals surface area contributed by atoms with Gasteiger partial charge in [-0.05, 0) is 54.3 Å². The van der Waals surface area contributed by atoms with Crippen LogP contribution in [0.2, 0.25) is 5.02 Å². The van der Waals surface area contributed by atoms with E-state index in [-0.39, 0.29) is 12.4 Å². The number of hydrogen-bond donors (Lipinski definition) is 1. The Kier molecular flexibility index (Phi) is 7.41. The summed E-state index contributed by atoms with van der Waals surface area (Å²) in [6, 6.07) is 27.8. The minimum Gasteiger partial charge on any atom is -0.488 e. The molecule has 0 heterocycles. The van der Waals surface area contributed by atoms with Gasteiger partial charge in [0.25, 0.3) is 0 Å². The van der Waals surface area contributed by atoms with E-state index in [1.807, 2.05) is 30.3 Å². The van der Waals surface area contributed by atoms with Gasteiger partial charge >= 0.3 is 0 Å². The fourth-order valence-corrected chi connectivity index (χ4v) is 4.08. The van der Waals surface area contributed by atoms with Crippen molar-refractivity contribution in [1.29, 1.82) is 0 Å². The average Bonchev–Trinajstić information content (AvgIpc) is 2.82. The molecule has 0 fully saturated rings. The van der Waals surface area contributed by atoms with Crippen molar-refractivity contribution < 1.29 is 9.13 Å². The standard InChI is InChI=1S/C28H27ClFNO/c1-20(14-15-21-8-3-2-4-9-21)31-18-24-23-11-6-5-10-22(23)16-17-28(24)32-19-25-26(29)12-7-13-27(25)30/h2-13,16-17,20,31H,14-15,18-19H2,1H3. The predicted molar refractivity (Wildman–Crippen MR) is 131 cm³/mol. The zero-order valence-corrected chi connectivity index (χ0v) is 18.9. The minimum atomic E-state index is -0.354. The zero-order valence-electron chi connectivity index (χ0n) is 18.2. The highest BCUT2D eigenvalue weighted by molar-refractivity contribution is 6.31. The maximum atomic E-state index is 14.2. The van der Waals surface area contributed by atoms with Crippen LogP contribution in [0.15, 0.2) is 84.9 Å². The maximum absolute atomic E-state index is 14.2. The quantitative estimate of drug-likeness (QED) is 0.290. The van der Waals surface area contributed by atoms with E-state index >= 15 is 0 Å². The van der Waals surface area contributed by atoms with E-state index in [9.17, 15) is 4.39 Å². The molecule has 1 unspecified atom stereocenters. The van der Waals surface area contributed by atoms with Crippen molar-refractivity contribution in [2.24, 2.45) is 0 Å². The van der Waals surface area contributed by atoms with Crippen molar-refractivity contribution in [1.82, 2.24) is 5.32 Å². The van der Waals surface area contributed by atoms with Crippen LogP contribution in [0, 0.1) is 5.82 Å². The number of rotatable bonds is 9. The average molecular weight is 448 g/mol. The van der Waals surface area contributed by atoms with Crippen LogP contribution < -0.4 is 10.1 Å². The first-order valence-corrected chi connectivity index (χ1v) is 11.3. The Morgan fingerprint density at radius 2 is 1.66 bits per heavy atom. The third kappa shape index (κ3) is 5.48. The topological polar surface area (TPSA) is 21.3 Å². The molecule has 0 aliphatic rings. The van der Waals surface area contributed by atoms with Gasteiger partial charge in [0.05, 0.1) is 5.02 Å². The molecule has 4 heteroatoms. The lowest BCUT2D eigenvalue weighted by atomic mass is 10.0. The number of aryl methyl sites for hydroxylation is 1. The van der Waals surface area contributed by atoms with Gasteiger partial charge in [-0.3, -0.25) is 0 Å². The molecule has 1 N–H and O–H groups in total. The highest BCUT2D eigenvalue weighted by Gasteiger charge is 2.13. The third-order valence-electron chi connectivity index (χ3n) is 5.77. The van der Waals surface area contributed by atoms with Crippen molar-refractivity contribution in [3.05, 3.63) is 112 Å².